The van der Waals surface area contributed by atoms with Gasteiger partial charge in [-0.3, -0.25) is 4.79 Å². The minimum absolute atomic E-state index is 0.124. The lowest BCUT2D eigenvalue weighted by Gasteiger charge is -2.29. The van der Waals surface area contributed by atoms with E-state index >= 15 is 0 Å². The average Bonchev–Trinajstić information content (AvgIpc) is 3.08. The molecule has 0 saturated carbocycles. The molecule has 2 aliphatic heterocycles. The summed E-state index contributed by atoms with van der Waals surface area (Å²) in [6, 6.07) is 8.10. The molecule has 1 aromatic carbocycles. The van der Waals surface area contributed by atoms with Crippen molar-refractivity contribution in [3.8, 4) is 0 Å². The number of hydrogen-bond acceptors (Lipinski definition) is 2. The van der Waals surface area contributed by atoms with Crippen LogP contribution in [0.15, 0.2) is 24.3 Å². The summed E-state index contributed by atoms with van der Waals surface area (Å²) < 4.78 is 0. The second-order valence-corrected chi connectivity index (χ2v) is 5.86. The van der Waals surface area contributed by atoms with E-state index in [0.717, 1.165) is 25.9 Å². The Balaban J connectivity index is 1.78. The third kappa shape index (κ3) is 2.63. The molecule has 0 spiro atoms. The van der Waals surface area contributed by atoms with Crippen molar-refractivity contribution >= 4 is 17.5 Å². The molecule has 3 nitrogen and oxygen atoms in total. The summed E-state index contributed by atoms with van der Waals surface area (Å²) in [5, 5.41) is 4.15. The predicted molar refractivity (Wildman–Crippen MR) is 76.5 cm³/mol. The van der Waals surface area contributed by atoms with E-state index in [0.29, 0.717) is 22.7 Å². The monoisotopic (exact) mass is 278 g/mol. The fourth-order valence-corrected chi connectivity index (χ4v) is 3.48. The van der Waals surface area contributed by atoms with Crippen LogP contribution in [0.1, 0.15) is 36.0 Å². The average molecular weight is 279 g/mol. The van der Waals surface area contributed by atoms with Crippen molar-refractivity contribution in [2.45, 2.75) is 37.8 Å². The Morgan fingerprint density at radius 1 is 1.32 bits per heavy atom. The van der Waals surface area contributed by atoms with Crippen LogP contribution < -0.4 is 5.32 Å². The largest absolute Gasteiger partial charge is 0.334 e. The SMILES string of the molecule is O=C(c1cccc(Cl)c1)N1CCCC1C1CCCN1. The van der Waals surface area contributed by atoms with E-state index in [2.05, 4.69) is 5.32 Å². The fraction of sp³-hybridized carbons (Fsp3) is 0.533. The van der Waals surface area contributed by atoms with E-state index in [1.165, 1.54) is 12.8 Å². The first kappa shape index (κ1) is 12.9. The van der Waals surface area contributed by atoms with E-state index < -0.39 is 0 Å². The molecule has 1 aromatic rings. The van der Waals surface area contributed by atoms with Gasteiger partial charge in [0.05, 0.1) is 0 Å². The summed E-state index contributed by atoms with van der Waals surface area (Å²) >= 11 is 5.98. The molecule has 0 radical (unpaired) electrons. The molecule has 2 saturated heterocycles. The number of halogens is 1. The van der Waals surface area contributed by atoms with Crippen molar-refractivity contribution < 1.29 is 4.79 Å². The van der Waals surface area contributed by atoms with Gasteiger partial charge in [-0.25, -0.2) is 0 Å². The standard InChI is InChI=1S/C15H19ClN2O/c16-12-5-1-4-11(10-12)15(19)18-9-3-7-14(18)13-6-2-8-17-13/h1,4-5,10,13-14,17H,2-3,6-9H2. The van der Waals surface area contributed by atoms with Crippen LogP contribution >= 0.6 is 11.6 Å². The van der Waals surface area contributed by atoms with Gasteiger partial charge in [-0.15, -0.1) is 0 Å². The highest BCUT2D eigenvalue weighted by molar-refractivity contribution is 6.30. The second-order valence-electron chi connectivity index (χ2n) is 5.42. The zero-order chi connectivity index (χ0) is 13.2. The second kappa shape index (κ2) is 5.51. The molecule has 0 aliphatic carbocycles. The van der Waals surface area contributed by atoms with Gasteiger partial charge in [0.2, 0.25) is 0 Å². The van der Waals surface area contributed by atoms with E-state index in [9.17, 15) is 4.79 Å². The van der Waals surface area contributed by atoms with E-state index in [-0.39, 0.29) is 5.91 Å². The Morgan fingerprint density at radius 2 is 2.21 bits per heavy atom. The Kier molecular flexibility index (Phi) is 3.76. The van der Waals surface area contributed by atoms with Crippen LogP contribution in [0.5, 0.6) is 0 Å². The predicted octanol–water partition coefficient (Wildman–Crippen LogP) is 2.70. The Hall–Kier alpha value is -1.06. The highest BCUT2D eigenvalue weighted by Crippen LogP contribution is 2.26. The van der Waals surface area contributed by atoms with Crippen molar-refractivity contribution in [1.82, 2.24) is 10.2 Å². The van der Waals surface area contributed by atoms with Gasteiger partial charge in [-0.1, -0.05) is 17.7 Å². The van der Waals surface area contributed by atoms with Crippen molar-refractivity contribution in [3.63, 3.8) is 0 Å². The minimum atomic E-state index is 0.124. The quantitative estimate of drug-likeness (QED) is 0.902. The van der Waals surface area contributed by atoms with Crippen molar-refractivity contribution in [2.24, 2.45) is 0 Å². The minimum Gasteiger partial charge on any atom is -0.334 e. The van der Waals surface area contributed by atoms with Gasteiger partial charge in [0, 0.05) is 29.2 Å². The molecular formula is C15H19ClN2O. The Morgan fingerprint density at radius 3 is 2.95 bits per heavy atom. The van der Waals surface area contributed by atoms with Gasteiger partial charge in [0.1, 0.15) is 0 Å². The van der Waals surface area contributed by atoms with Crippen LogP contribution in [-0.4, -0.2) is 36.0 Å². The normalized spacial score (nSPS) is 26.9. The summed E-state index contributed by atoms with van der Waals surface area (Å²) in [5.41, 5.74) is 0.706. The lowest BCUT2D eigenvalue weighted by molar-refractivity contribution is 0.0711. The van der Waals surface area contributed by atoms with E-state index in [1.807, 2.05) is 17.0 Å². The first-order valence-electron chi connectivity index (χ1n) is 7.05. The maximum absolute atomic E-state index is 12.6. The molecule has 2 atom stereocenters. The molecule has 3 rings (SSSR count). The van der Waals surface area contributed by atoms with Crippen LogP contribution in [0.25, 0.3) is 0 Å². The summed E-state index contributed by atoms with van der Waals surface area (Å²) in [4.78, 5) is 14.6. The number of amides is 1. The lowest BCUT2D eigenvalue weighted by atomic mass is 10.0. The third-order valence-electron chi connectivity index (χ3n) is 4.19. The number of benzene rings is 1. The zero-order valence-electron chi connectivity index (χ0n) is 10.9. The van der Waals surface area contributed by atoms with Gasteiger partial charge < -0.3 is 10.2 Å². The number of hydrogen-bond donors (Lipinski definition) is 1. The smallest absolute Gasteiger partial charge is 0.254 e. The first-order chi connectivity index (χ1) is 9.25. The van der Waals surface area contributed by atoms with Crippen LogP contribution in [0.4, 0.5) is 0 Å². The third-order valence-corrected chi connectivity index (χ3v) is 4.43. The molecule has 2 unspecified atom stereocenters. The molecule has 4 heteroatoms. The lowest BCUT2D eigenvalue weighted by Crippen LogP contribution is -2.46. The van der Waals surface area contributed by atoms with Gasteiger partial charge in [-0.2, -0.15) is 0 Å². The van der Waals surface area contributed by atoms with Crippen LogP contribution in [-0.2, 0) is 0 Å². The van der Waals surface area contributed by atoms with Crippen molar-refractivity contribution in [1.29, 1.82) is 0 Å². The van der Waals surface area contributed by atoms with Crippen LogP contribution in [0, 0.1) is 0 Å². The Bertz CT molecular complexity index is 471. The molecule has 0 bridgehead atoms. The number of carbonyl (C=O) groups excluding carboxylic acids is 1. The number of carbonyl (C=O) groups is 1. The molecule has 102 valence electrons. The van der Waals surface area contributed by atoms with Crippen molar-refractivity contribution in [3.05, 3.63) is 34.9 Å². The van der Waals surface area contributed by atoms with Gasteiger partial charge in [0.15, 0.2) is 0 Å². The summed E-state index contributed by atoms with van der Waals surface area (Å²) in [5.74, 6) is 0.124. The van der Waals surface area contributed by atoms with E-state index in [4.69, 9.17) is 11.6 Å². The first-order valence-corrected chi connectivity index (χ1v) is 7.43. The van der Waals surface area contributed by atoms with Crippen LogP contribution in [0.2, 0.25) is 5.02 Å². The Labute approximate surface area is 118 Å². The maximum atomic E-state index is 12.6. The van der Waals surface area contributed by atoms with Gasteiger partial charge in [0.25, 0.3) is 5.91 Å². The van der Waals surface area contributed by atoms with E-state index in [1.54, 1.807) is 12.1 Å². The van der Waals surface area contributed by atoms with Gasteiger partial charge >= 0.3 is 0 Å². The highest BCUT2D eigenvalue weighted by Gasteiger charge is 2.36. The number of nitrogens with one attached hydrogen (secondary N) is 1. The molecule has 1 amide bonds. The van der Waals surface area contributed by atoms with Crippen molar-refractivity contribution in [2.75, 3.05) is 13.1 Å². The number of rotatable bonds is 2. The zero-order valence-corrected chi connectivity index (χ0v) is 11.7. The fourth-order valence-electron chi connectivity index (χ4n) is 3.29. The number of likely N-dealkylation sites (tertiary alicyclic amines) is 1. The molecule has 0 aromatic heterocycles. The maximum Gasteiger partial charge on any atom is 0.254 e. The molecule has 2 heterocycles. The summed E-state index contributed by atoms with van der Waals surface area (Å²) in [7, 11) is 0. The molecular weight excluding hydrogens is 260 g/mol. The highest BCUT2D eigenvalue weighted by atomic mass is 35.5. The van der Waals surface area contributed by atoms with Crippen LogP contribution in [0.3, 0.4) is 0 Å². The molecule has 19 heavy (non-hydrogen) atoms. The molecule has 2 fully saturated rings. The molecule has 2 aliphatic rings. The number of nitrogens with zero attached hydrogens (tertiary/aromatic N) is 1. The van der Waals surface area contributed by atoms with Gasteiger partial charge in [-0.05, 0) is 50.4 Å². The molecule has 1 N–H and O–H groups in total. The summed E-state index contributed by atoms with van der Waals surface area (Å²) in [6.45, 7) is 1.95. The topological polar surface area (TPSA) is 32.3 Å². The summed E-state index contributed by atoms with van der Waals surface area (Å²) in [6.07, 6.45) is 4.63.